The normalized spacial score (nSPS) is 44.5. The van der Waals surface area contributed by atoms with Crippen molar-refractivity contribution in [3.05, 3.63) is 29.3 Å². The second kappa shape index (κ2) is 4.09. The summed E-state index contributed by atoms with van der Waals surface area (Å²) in [6, 6.07) is 1.75. The fourth-order valence-electron chi connectivity index (χ4n) is 4.79. The largest absolute Gasteiger partial charge is 0.508 e. The first-order valence-electron chi connectivity index (χ1n) is 9.53. The van der Waals surface area contributed by atoms with Gasteiger partial charge in [0.1, 0.15) is 11.5 Å². The van der Waals surface area contributed by atoms with Crippen LogP contribution in [0.2, 0.25) is 0 Å². The number of carbonyl (C=O) groups excluding carboxylic acids is 1. The topological polar surface area (TPSA) is 37.3 Å². The van der Waals surface area contributed by atoms with Crippen LogP contribution in [0, 0.1) is 17.3 Å². The van der Waals surface area contributed by atoms with E-state index in [1.807, 2.05) is 6.92 Å². The lowest BCUT2D eigenvalue weighted by Gasteiger charge is -2.48. The van der Waals surface area contributed by atoms with E-state index in [2.05, 4.69) is 0 Å². The fourth-order valence-corrected chi connectivity index (χ4v) is 4.79. The molecule has 0 heterocycles. The van der Waals surface area contributed by atoms with Gasteiger partial charge in [-0.15, -0.1) is 0 Å². The molecule has 1 N–H and O–H groups in total. The molecule has 1 aromatic carbocycles. The highest BCUT2D eigenvalue weighted by atomic mass is 16.3. The fraction of sp³-hybridized carbons (Fsp3) is 0.611. The molecular formula is C18H22O2. The van der Waals surface area contributed by atoms with Crippen molar-refractivity contribution in [3.63, 3.8) is 0 Å². The summed E-state index contributed by atoms with van der Waals surface area (Å²) in [7, 11) is 0. The lowest BCUT2D eigenvalue weighted by atomic mass is 9.55. The third-order valence-corrected chi connectivity index (χ3v) is 5.94. The van der Waals surface area contributed by atoms with Gasteiger partial charge >= 0.3 is 0 Å². The van der Waals surface area contributed by atoms with Crippen LogP contribution in [-0.4, -0.2) is 10.9 Å². The number of Topliss-reactive ketones (excluding diaryl/α,β-unsaturated/α-hetero) is 1. The lowest BCUT2D eigenvalue weighted by molar-refractivity contribution is -0.129. The van der Waals surface area contributed by atoms with Crippen LogP contribution in [0.4, 0.5) is 0 Å². The monoisotopic (exact) mass is 274 g/mol. The van der Waals surface area contributed by atoms with Crippen molar-refractivity contribution in [1.82, 2.24) is 0 Å². The van der Waals surface area contributed by atoms with Crippen molar-refractivity contribution in [3.8, 4) is 5.75 Å². The van der Waals surface area contributed by atoms with Crippen molar-refractivity contribution in [2.45, 2.75) is 51.3 Å². The van der Waals surface area contributed by atoms with Gasteiger partial charge in [0.15, 0.2) is 0 Å². The van der Waals surface area contributed by atoms with E-state index < -0.39 is 11.8 Å². The highest BCUT2D eigenvalue weighted by Gasteiger charge is 2.54. The van der Waals surface area contributed by atoms with Gasteiger partial charge in [0.25, 0.3) is 0 Å². The molecule has 2 nitrogen and oxygen atoms in total. The van der Waals surface area contributed by atoms with Crippen LogP contribution in [-0.2, 0) is 11.2 Å². The van der Waals surface area contributed by atoms with Crippen LogP contribution in [0.15, 0.2) is 18.2 Å². The zero-order valence-corrected chi connectivity index (χ0v) is 11.7. The maximum absolute atomic E-state index is 12.6. The number of hydrogen-bond donors (Lipinski definition) is 1. The van der Waals surface area contributed by atoms with Crippen LogP contribution in [0.25, 0.3) is 0 Å². The van der Waals surface area contributed by atoms with Gasteiger partial charge in [-0.1, -0.05) is 13.0 Å². The SMILES string of the molecule is [2H]c1cc2c(c([2H])c1O)CC[C@@H]1[C@H]3CC([2H])([2H])C(=O)[C@]3(C)CC[C@@H]21. The van der Waals surface area contributed by atoms with Gasteiger partial charge in [0, 0.05) is 14.5 Å². The molecule has 2 heteroatoms. The van der Waals surface area contributed by atoms with Gasteiger partial charge < -0.3 is 5.11 Å². The standard InChI is InChI=1S/C18H22O2/c1-18-9-8-14-13-5-3-12(19)10-11(13)2-4-15(14)16(18)6-7-17(18)20/h3,5,10,14-16,19H,2,4,6-9H2,1H3/t14-,15-,16+,18+/m0/s1/i3D,7D2,10D. The molecule has 0 amide bonds. The van der Waals surface area contributed by atoms with E-state index in [4.69, 9.17) is 5.48 Å². The minimum atomic E-state index is -1.73. The molecule has 0 bridgehead atoms. The molecule has 0 unspecified atom stereocenters. The Morgan fingerprint density at radius 1 is 1.45 bits per heavy atom. The molecule has 0 saturated heterocycles. The summed E-state index contributed by atoms with van der Waals surface area (Å²) < 4.78 is 32.2. The van der Waals surface area contributed by atoms with E-state index in [0.29, 0.717) is 19.3 Å². The first-order valence-corrected chi connectivity index (χ1v) is 7.53. The van der Waals surface area contributed by atoms with Gasteiger partial charge in [0.05, 0.1) is 2.74 Å². The second-order valence-electron chi connectivity index (χ2n) is 6.78. The minimum absolute atomic E-state index is 0.00874. The molecule has 20 heavy (non-hydrogen) atoms. The average Bonchev–Trinajstić information content (AvgIpc) is 2.72. The van der Waals surface area contributed by atoms with Crippen LogP contribution in [0.3, 0.4) is 0 Å². The van der Waals surface area contributed by atoms with Crippen molar-refractivity contribution in [2.75, 3.05) is 0 Å². The number of aromatic hydroxyl groups is 1. The third-order valence-electron chi connectivity index (χ3n) is 5.94. The van der Waals surface area contributed by atoms with Crippen molar-refractivity contribution in [1.29, 1.82) is 0 Å². The summed E-state index contributed by atoms with van der Waals surface area (Å²) in [6.07, 6.45) is 1.49. The van der Waals surface area contributed by atoms with Gasteiger partial charge in [-0.05, 0) is 73.1 Å². The number of hydrogen-bond acceptors (Lipinski definition) is 2. The zero-order valence-electron chi connectivity index (χ0n) is 15.7. The van der Waals surface area contributed by atoms with E-state index in [9.17, 15) is 9.90 Å². The molecule has 2 fully saturated rings. The van der Waals surface area contributed by atoms with Gasteiger partial charge in [-0.3, -0.25) is 4.79 Å². The number of rotatable bonds is 0. The Morgan fingerprint density at radius 2 is 2.30 bits per heavy atom. The average molecular weight is 274 g/mol. The van der Waals surface area contributed by atoms with E-state index in [1.165, 1.54) is 0 Å². The molecule has 0 aliphatic heterocycles. The Morgan fingerprint density at radius 3 is 3.15 bits per heavy atom. The van der Waals surface area contributed by atoms with E-state index >= 15 is 0 Å². The third kappa shape index (κ3) is 1.54. The highest BCUT2D eigenvalue weighted by Crippen LogP contribution is 2.59. The molecule has 3 aliphatic carbocycles. The summed E-state index contributed by atoms with van der Waals surface area (Å²) in [5, 5.41) is 9.88. The molecular weight excluding hydrogens is 248 g/mol. The number of phenolic OH excluding ortho intramolecular Hbond substituents is 1. The molecule has 4 rings (SSSR count). The second-order valence-corrected chi connectivity index (χ2v) is 6.78. The van der Waals surface area contributed by atoms with E-state index in [-0.39, 0.29) is 41.4 Å². The summed E-state index contributed by atoms with van der Waals surface area (Å²) in [5.74, 6) is -0.0648. The minimum Gasteiger partial charge on any atom is -0.508 e. The number of phenols is 1. The Kier molecular flexibility index (Phi) is 1.81. The van der Waals surface area contributed by atoms with Crippen molar-refractivity contribution in [2.24, 2.45) is 17.3 Å². The Bertz CT molecular complexity index is 745. The van der Waals surface area contributed by atoms with Crippen LogP contribution < -0.4 is 0 Å². The van der Waals surface area contributed by atoms with Crippen LogP contribution >= 0.6 is 0 Å². The molecule has 1 aromatic rings. The molecule has 0 aromatic heterocycles. The molecule has 3 aliphatic rings. The number of fused-ring (bicyclic) bond motifs is 5. The Balaban J connectivity index is 1.78. The lowest BCUT2D eigenvalue weighted by Crippen LogP contribution is -2.42. The number of benzene rings is 1. The predicted octanol–water partition coefficient (Wildman–Crippen LogP) is 3.82. The summed E-state index contributed by atoms with van der Waals surface area (Å²) in [6.45, 7) is 1.93. The van der Waals surface area contributed by atoms with Crippen LogP contribution in [0.1, 0.15) is 61.5 Å². The van der Waals surface area contributed by atoms with Crippen molar-refractivity contribution < 1.29 is 15.4 Å². The molecule has 4 atom stereocenters. The first-order chi connectivity index (χ1) is 11.2. The summed E-state index contributed by atoms with van der Waals surface area (Å²) in [4.78, 5) is 12.6. The van der Waals surface area contributed by atoms with E-state index in [1.54, 1.807) is 6.07 Å². The summed E-state index contributed by atoms with van der Waals surface area (Å²) in [5.41, 5.74) is 1.23. The molecule has 2 saturated carbocycles. The Hall–Kier alpha value is -1.31. The van der Waals surface area contributed by atoms with Gasteiger partial charge in [0.2, 0.25) is 0 Å². The molecule has 0 radical (unpaired) electrons. The number of ketones is 1. The van der Waals surface area contributed by atoms with E-state index in [0.717, 1.165) is 24.0 Å². The highest BCUT2D eigenvalue weighted by molar-refractivity contribution is 5.87. The Labute approximate surface area is 125 Å². The zero-order chi connectivity index (χ0) is 17.4. The smallest absolute Gasteiger partial charge is 0.139 e. The van der Waals surface area contributed by atoms with Gasteiger partial charge in [-0.2, -0.15) is 0 Å². The maximum Gasteiger partial charge on any atom is 0.139 e. The summed E-state index contributed by atoms with van der Waals surface area (Å²) >= 11 is 0. The van der Waals surface area contributed by atoms with Gasteiger partial charge in [-0.25, -0.2) is 0 Å². The maximum atomic E-state index is 12.6. The predicted molar refractivity (Wildman–Crippen MR) is 77.7 cm³/mol. The van der Waals surface area contributed by atoms with Crippen LogP contribution in [0.5, 0.6) is 5.75 Å². The van der Waals surface area contributed by atoms with Crippen molar-refractivity contribution >= 4 is 5.78 Å². The molecule has 106 valence electrons. The molecule has 0 spiro atoms. The quantitative estimate of drug-likeness (QED) is 0.781. The first kappa shape index (κ1) is 8.86. The number of carbonyl (C=O) groups is 1.